The van der Waals surface area contributed by atoms with E-state index in [9.17, 15) is 19.3 Å². The second-order valence-electron chi connectivity index (χ2n) is 6.42. The van der Waals surface area contributed by atoms with Crippen molar-refractivity contribution < 1.29 is 29.1 Å². The van der Waals surface area contributed by atoms with Crippen LogP contribution < -0.4 is 11.2 Å². The molecule has 0 saturated carbocycles. The molecule has 146 valence electrons. The molecule has 1 aliphatic rings. The maximum Gasteiger partial charge on any atom is 0.330 e. The van der Waals surface area contributed by atoms with E-state index in [1.807, 2.05) is 14.1 Å². The molecular formula is C15H25N3O7P+. The Morgan fingerprint density at radius 2 is 2.08 bits per heavy atom. The molecule has 1 saturated heterocycles. The predicted octanol–water partition coefficient (Wildman–Crippen LogP) is -1.25. The molecule has 0 aromatic carbocycles. The Balaban J connectivity index is 0.000000321. The number of aromatic amines is 1. The first-order chi connectivity index (χ1) is 12.1. The molecular weight excluding hydrogens is 365 g/mol. The first kappa shape index (κ1) is 22.5. The van der Waals surface area contributed by atoms with Gasteiger partial charge < -0.3 is 14.9 Å². The molecule has 1 fully saturated rings. The zero-order valence-corrected chi connectivity index (χ0v) is 15.8. The van der Waals surface area contributed by atoms with Crippen LogP contribution in [-0.4, -0.2) is 75.4 Å². The van der Waals surface area contributed by atoms with Crippen LogP contribution in [0.15, 0.2) is 15.8 Å². The van der Waals surface area contributed by atoms with Crippen molar-refractivity contribution in [2.24, 2.45) is 0 Å². The van der Waals surface area contributed by atoms with Crippen LogP contribution >= 0.6 is 7.92 Å². The Morgan fingerprint density at radius 3 is 2.58 bits per heavy atom. The molecule has 0 spiro atoms. The molecule has 0 amide bonds. The number of aromatic nitrogens is 2. The van der Waals surface area contributed by atoms with Crippen molar-refractivity contribution in [3.63, 3.8) is 0 Å². The second-order valence-corrected chi connectivity index (χ2v) is 6.80. The largest absolute Gasteiger partial charge is 0.394 e. The van der Waals surface area contributed by atoms with Gasteiger partial charge in [0.1, 0.15) is 12.3 Å². The van der Waals surface area contributed by atoms with Crippen LogP contribution in [0, 0.1) is 12.7 Å². The summed E-state index contributed by atoms with van der Waals surface area (Å²) in [6.45, 7) is 1.91. The Labute approximate surface area is 151 Å². The number of hydrogen-bond acceptors (Lipinski definition) is 7. The molecule has 3 atom stereocenters. The van der Waals surface area contributed by atoms with Crippen molar-refractivity contribution in [1.82, 2.24) is 9.55 Å². The van der Waals surface area contributed by atoms with Gasteiger partial charge >= 0.3 is 60.8 Å². The Morgan fingerprint density at radius 1 is 1.42 bits per heavy atom. The maximum atomic E-state index is 11.6. The minimum atomic E-state index is -0.816. The summed E-state index contributed by atoms with van der Waals surface area (Å²) in [5.74, 6) is 2.62. The number of hydrogen-bond donors (Lipinski definition) is 4. The molecule has 0 bridgehead atoms. The molecule has 1 aromatic heterocycles. The quantitative estimate of drug-likeness (QED) is 0.372. The molecule has 2 rings (SSSR count). The minimum Gasteiger partial charge on any atom is -0.394 e. The molecule has 0 aliphatic carbocycles. The third kappa shape index (κ3) is 6.34. The van der Waals surface area contributed by atoms with Crippen LogP contribution in [0.3, 0.4) is 0 Å². The van der Waals surface area contributed by atoms with Crippen molar-refractivity contribution in [1.29, 1.82) is 0 Å². The number of quaternary nitrogens is 1. The number of likely N-dealkylation sites (N-methyl/N-ethyl adjacent to an activating group) is 1. The second kappa shape index (κ2) is 9.99. The molecule has 10 nitrogen and oxygen atoms in total. The molecule has 0 unspecified atom stereocenters. The number of nitrogens with one attached hydrogen (secondary N) is 1. The van der Waals surface area contributed by atoms with E-state index in [2.05, 4.69) is 10.7 Å². The summed E-state index contributed by atoms with van der Waals surface area (Å²) >= 11 is 0. The number of ether oxygens (including phenoxy) is 1. The van der Waals surface area contributed by atoms with Crippen LogP contribution in [0.5, 0.6) is 0 Å². The zero-order valence-electron chi connectivity index (χ0n) is 15.0. The van der Waals surface area contributed by atoms with E-state index in [-0.39, 0.29) is 27.6 Å². The van der Waals surface area contributed by atoms with E-state index >= 15 is 0 Å². The SMILES string of the molecule is C[N+](C)(C#P=O)CCO.Cc1cn([C@H]2C[C@H](O)[C@@H](CO)O2)c(=O)[nH]c1=O. The number of aryl methyl sites for hydroxylation is 1. The molecule has 4 N–H and O–H groups in total. The van der Waals surface area contributed by atoms with E-state index in [1.54, 1.807) is 6.92 Å². The molecule has 2 heterocycles. The van der Waals surface area contributed by atoms with Gasteiger partial charge in [0.2, 0.25) is 0 Å². The van der Waals surface area contributed by atoms with Gasteiger partial charge in [-0.25, -0.2) is 4.79 Å². The van der Waals surface area contributed by atoms with Gasteiger partial charge in [-0.2, -0.15) is 0 Å². The molecule has 0 radical (unpaired) electrons. The molecule has 26 heavy (non-hydrogen) atoms. The van der Waals surface area contributed by atoms with E-state index in [0.29, 0.717) is 16.6 Å². The fourth-order valence-corrected chi connectivity index (χ4v) is 2.58. The minimum absolute atomic E-state index is 0.0928. The van der Waals surface area contributed by atoms with Crippen LogP contribution in [0.4, 0.5) is 0 Å². The first-order valence-corrected chi connectivity index (χ1v) is 8.76. The number of nitrogens with zero attached hydrogens (tertiary/aromatic N) is 2. The zero-order chi connectivity index (χ0) is 19.9. The van der Waals surface area contributed by atoms with Gasteiger partial charge in [0.25, 0.3) is 5.56 Å². The van der Waals surface area contributed by atoms with E-state index in [4.69, 9.17) is 14.9 Å². The summed E-state index contributed by atoms with van der Waals surface area (Å²) in [5.41, 5.74) is -0.643. The average Bonchev–Trinajstić information content (AvgIpc) is 2.92. The van der Waals surface area contributed by atoms with E-state index < -0.39 is 29.7 Å². The number of aliphatic hydroxyl groups excluding tert-OH is 3. The molecule has 1 aliphatic heterocycles. The number of aliphatic hydroxyl groups is 3. The van der Waals surface area contributed by atoms with Gasteiger partial charge in [0.15, 0.2) is 0 Å². The van der Waals surface area contributed by atoms with Gasteiger partial charge in [0, 0.05) is 18.2 Å². The van der Waals surface area contributed by atoms with Crippen molar-refractivity contribution in [2.45, 2.75) is 31.8 Å². The summed E-state index contributed by atoms with van der Waals surface area (Å²) < 4.78 is 16.9. The fraction of sp³-hybridized carbons (Fsp3) is 0.667. The summed E-state index contributed by atoms with van der Waals surface area (Å²) in [4.78, 5) is 24.9. The van der Waals surface area contributed by atoms with Crippen molar-refractivity contribution in [3.05, 3.63) is 32.6 Å². The van der Waals surface area contributed by atoms with Gasteiger partial charge in [-0.15, -0.1) is 0 Å². The fourth-order valence-electron chi connectivity index (χ4n) is 2.26. The van der Waals surface area contributed by atoms with Gasteiger partial charge in [0.05, 0.1) is 12.7 Å². The van der Waals surface area contributed by atoms with Gasteiger partial charge in [-0.3, -0.25) is 14.3 Å². The smallest absolute Gasteiger partial charge is 0.330 e. The maximum absolute atomic E-state index is 11.6. The monoisotopic (exact) mass is 390 g/mol. The van der Waals surface area contributed by atoms with E-state index in [0.717, 1.165) is 0 Å². The van der Waals surface area contributed by atoms with Crippen LogP contribution in [0.1, 0.15) is 18.2 Å². The average molecular weight is 390 g/mol. The molecule has 1 aromatic rings. The number of H-pyrrole nitrogens is 1. The Kier molecular flexibility index (Phi) is 8.66. The first-order valence-electron chi connectivity index (χ1n) is 7.95. The van der Waals surface area contributed by atoms with Crippen LogP contribution in [0.2, 0.25) is 0 Å². The topological polar surface area (TPSA) is 142 Å². The van der Waals surface area contributed by atoms with Gasteiger partial charge in [-0.1, -0.05) is 0 Å². The van der Waals surface area contributed by atoms with Crippen molar-refractivity contribution >= 4 is 7.92 Å². The Hall–Kier alpha value is -1.51. The summed E-state index contributed by atoms with van der Waals surface area (Å²) in [6, 6.07) is 0. The van der Waals surface area contributed by atoms with Gasteiger partial charge in [-0.05, 0) is 6.92 Å². The molecule has 11 heteroatoms. The third-order valence-electron chi connectivity index (χ3n) is 3.81. The van der Waals surface area contributed by atoms with E-state index in [1.165, 1.54) is 10.8 Å². The normalized spacial score (nSPS) is 22.3. The summed E-state index contributed by atoms with van der Waals surface area (Å²) in [6.07, 6.45) is -0.581. The standard InChI is InChI=1S/C10H14N2O5.C5H11NO2P/c1-5-3-12(10(16)11-9(5)15)8-2-6(14)7(4-13)17-8;1-6(2,3-4-7)5-9-8/h3,6-8,13-14H,2,4H2,1H3,(H,11,15,16);7H,3-4H2,1-2H3/q;+1/t6-,7+,8+;/m0./s1. The van der Waals surface area contributed by atoms with Crippen LogP contribution in [-0.2, 0) is 9.30 Å². The van der Waals surface area contributed by atoms with Crippen LogP contribution in [0.25, 0.3) is 0 Å². The number of rotatable bonds is 4. The van der Waals surface area contributed by atoms with Crippen molar-refractivity contribution in [2.75, 3.05) is 33.9 Å². The van der Waals surface area contributed by atoms with Crippen molar-refractivity contribution in [3.8, 4) is 5.75 Å². The Bertz CT molecular complexity index is 814. The third-order valence-corrected chi connectivity index (χ3v) is 4.43. The predicted molar refractivity (Wildman–Crippen MR) is 93.2 cm³/mol. The summed E-state index contributed by atoms with van der Waals surface area (Å²) in [5, 5.41) is 27.0. The summed E-state index contributed by atoms with van der Waals surface area (Å²) in [7, 11) is 3.54.